The van der Waals surface area contributed by atoms with Crippen LogP contribution in [0.3, 0.4) is 0 Å². The number of carbonyl (C=O) groups excluding carboxylic acids is 1. The van der Waals surface area contributed by atoms with Crippen LogP contribution in [0.25, 0.3) is 0 Å². The molecule has 2 atom stereocenters. The monoisotopic (exact) mass is 230 g/mol. The molecule has 5 nitrogen and oxygen atoms in total. The molecule has 2 heterocycles. The summed E-state index contributed by atoms with van der Waals surface area (Å²) in [5.74, 6) is 0.712. The topological polar surface area (TPSA) is 69.6 Å². The highest BCUT2D eigenvalue weighted by molar-refractivity contribution is 7.98. The average Bonchev–Trinajstić information content (AvgIpc) is 2.47. The van der Waals surface area contributed by atoms with E-state index in [1.807, 2.05) is 6.92 Å². The second-order valence-electron chi connectivity index (χ2n) is 4.18. The molecule has 1 amide bonds. The largest absolute Gasteiger partial charge is 0.465 e. The smallest absolute Gasteiger partial charge is 0.407 e. The Labute approximate surface area is 92.3 Å². The van der Waals surface area contributed by atoms with Crippen molar-refractivity contribution in [3.63, 3.8) is 0 Å². The summed E-state index contributed by atoms with van der Waals surface area (Å²) in [6, 6.07) is -0.0913. The molecule has 1 spiro atoms. The number of nitrogens with one attached hydrogen (secondary N) is 1. The van der Waals surface area contributed by atoms with Gasteiger partial charge in [-0.15, -0.1) is 0 Å². The number of rotatable bonds is 0. The Kier molecular flexibility index (Phi) is 2.64. The van der Waals surface area contributed by atoms with E-state index >= 15 is 0 Å². The van der Waals surface area contributed by atoms with Crippen LogP contribution in [0.5, 0.6) is 0 Å². The highest BCUT2D eigenvalue weighted by Gasteiger charge is 2.47. The molecule has 0 saturated carbocycles. The van der Waals surface area contributed by atoms with Crippen LogP contribution in [-0.4, -0.2) is 45.8 Å². The van der Waals surface area contributed by atoms with Crippen LogP contribution in [0.1, 0.15) is 19.8 Å². The van der Waals surface area contributed by atoms with E-state index < -0.39 is 11.6 Å². The SMILES string of the molecule is CC1CC2(CCN1C(=O)O)NSCC2=O. The number of carboxylic acid groups (broad SMARTS) is 1. The summed E-state index contributed by atoms with van der Waals surface area (Å²) in [6.45, 7) is 2.29. The van der Waals surface area contributed by atoms with E-state index in [0.29, 0.717) is 25.1 Å². The van der Waals surface area contributed by atoms with E-state index in [2.05, 4.69) is 4.72 Å². The highest BCUT2D eigenvalue weighted by atomic mass is 32.2. The van der Waals surface area contributed by atoms with Gasteiger partial charge in [0, 0.05) is 12.6 Å². The van der Waals surface area contributed by atoms with Gasteiger partial charge in [0.2, 0.25) is 0 Å². The molecule has 0 aromatic carbocycles. The van der Waals surface area contributed by atoms with Crippen molar-refractivity contribution in [2.45, 2.75) is 31.3 Å². The van der Waals surface area contributed by atoms with E-state index in [1.165, 1.54) is 16.8 Å². The number of nitrogens with zero attached hydrogens (tertiary/aromatic N) is 1. The number of piperidine rings is 1. The molecule has 2 N–H and O–H groups in total. The molecule has 2 rings (SSSR count). The fourth-order valence-electron chi connectivity index (χ4n) is 2.31. The summed E-state index contributed by atoms with van der Waals surface area (Å²) in [5.41, 5.74) is -0.462. The van der Waals surface area contributed by atoms with Crippen molar-refractivity contribution in [1.29, 1.82) is 0 Å². The third kappa shape index (κ3) is 1.72. The summed E-state index contributed by atoms with van der Waals surface area (Å²) in [4.78, 5) is 24.0. The van der Waals surface area contributed by atoms with Crippen molar-refractivity contribution in [3.05, 3.63) is 0 Å². The van der Waals surface area contributed by atoms with Gasteiger partial charge < -0.3 is 10.0 Å². The van der Waals surface area contributed by atoms with Gasteiger partial charge in [0.1, 0.15) is 0 Å². The van der Waals surface area contributed by atoms with Gasteiger partial charge >= 0.3 is 6.09 Å². The second kappa shape index (κ2) is 3.68. The Hall–Kier alpha value is -0.750. The molecular weight excluding hydrogens is 216 g/mol. The van der Waals surface area contributed by atoms with E-state index in [4.69, 9.17) is 5.11 Å². The quantitative estimate of drug-likeness (QED) is 0.600. The second-order valence-corrected chi connectivity index (χ2v) is 4.96. The molecule has 2 fully saturated rings. The molecule has 2 saturated heterocycles. The van der Waals surface area contributed by atoms with Gasteiger partial charge in [0.25, 0.3) is 0 Å². The van der Waals surface area contributed by atoms with Crippen molar-refractivity contribution in [3.8, 4) is 0 Å². The van der Waals surface area contributed by atoms with Crippen molar-refractivity contribution in [1.82, 2.24) is 9.62 Å². The van der Waals surface area contributed by atoms with Gasteiger partial charge in [-0.25, -0.2) is 9.52 Å². The number of hydrogen-bond donors (Lipinski definition) is 2. The van der Waals surface area contributed by atoms with Gasteiger partial charge in [0.15, 0.2) is 5.78 Å². The van der Waals surface area contributed by atoms with E-state index in [-0.39, 0.29) is 11.8 Å². The molecule has 2 aliphatic heterocycles. The van der Waals surface area contributed by atoms with Crippen LogP contribution < -0.4 is 4.72 Å². The van der Waals surface area contributed by atoms with Crippen LogP contribution in [0, 0.1) is 0 Å². The Morgan fingerprint density at radius 1 is 1.73 bits per heavy atom. The maximum absolute atomic E-state index is 11.7. The molecule has 6 heteroatoms. The van der Waals surface area contributed by atoms with Crippen LogP contribution >= 0.6 is 11.9 Å². The lowest BCUT2D eigenvalue weighted by Crippen LogP contribution is -2.57. The molecular formula is C9H14N2O3S. The Morgan fingerprint density at radius 2 is 2.47 bits per heavy atom. The first-order valence-corrected chi connectivity index (χ1v) is 5.95. The average molecular weight is 230 g/mol. The fraction of sp³-hybridized carbons (Fsp3) is 0.778. The molecule has 15 heavy (non-hydrogen) atoms. The predicted molar refractivity (Wildman–Crippen MR) is 56.8 cm³/mol. The Morgan fingerprint density at radius 3 is 2.93 bits per heavy atom. The number of carbonyl (C=O) groups is 2. The zero-order chi connectivity index (χ0) is 11.1. The molecule has 84 valence electrons. The minimum Gasteiger partial charge on any atom is -0.465 e. The molecule has 0 bridgehead atoms. The lowest BCUT2D eigenvalue weighted by Gasteiger charge is -2.40. The summed E-state index contributed by atoms with van der Waals surface area (Å²) < 4.78 is 3.16. The van der Waals surface area contributed by atoms with Crippen molar-refractivity contribution < 1.29 is 14.7 Å². The number of Topliss-reactive ketones (excluding diaryl/α,β-unsaturated/α-hetero) is 1. The first-order chi connectivity index (χ1) is 7.05. The molecule has 0 aromatic rings. The summed E-state index contributed by atoms with van der Waals surface area (Å²) >= 11 is 1.43. The molecule has 0 aromatic heterocycles. The Bertz CT molecular complexity index is 310. The number of hydrogen-bond acceptors (Lipinski definition) is 4. The summed E-state index contributed by atoms with van der Waals surface area (Å²) in [6.07, 6.45) is 0.288. The van der Waals surface area contributed by atoms with Crippen LogP contribution in [0.4, 0.5) is 4.79 Å². The van der Waals surface area contributed by atoms with Crippen LogP contribution in [0.2, 0.25) is 0 Å². The van der Waals surface area contributed by atoms with E-state index in [9.17, 15) is 9.59 Å². The minimum atomic E-state index is -0.893. The highest BCUT2D eigenvalue weighted by Crippen LogP contribution is 2.34. The Balaban J connectivity index is 2.11. The number of ketones is 1. The fourth-order valence-corrected chi connectivity index (χ4v) is 3.37. The standard InChI is InChI=1S/C9H14N2O3S/c1-6-4-9(7(12)5-15-10-9)2-3-11(6)8(13)14/h6,10H,2-5H2,1H3,(H,13,14). The third-order valence-corrected chi connectivity index (χ3v) is 4.15. The number of amides is 1. The third-order valence-electron chi connectivity index (χ3n) is 3.21. The van der Waals surface area contributed by atoms with Gasteiger partial charge in [-0.3, -0.25) is 4.79 Å². The maximum Gasteiger partial charge on any atom is 0.407 e. The summed E-state index contributed by atoms with van der Waals surface area (Å²) in [5, 5.41) is 8.92. The number of likely N-dealkylation sites (tertiary alicyclic amines) is 1. The zero-order valence-corrected chi connectivity index (χ0v) is 9.34. The van der Waals surface area contributed by atoms with Crippen molar-refractivity contribution >= 4 is 23.8 Å². The molecule has 2 aliphatic rings. The van der Waals surface area contributed by atoms with Crippen molar-refractivity contribution in [2.75, 3.05) is 12.3 Å². The lowest BCUT2D eigenvalue weighted by atomic mass is 9.82. The van der Waals surface area contributed by atoms with Gasteiger partial charge in [-0.1, -0.05) is 11.9 Å². The predicted octanol–water partition coefficient (Wildman–Crippen LogP) is 0.708. The van der Waals surface area contributed by atoms with Crippen LogP contribution in [0.15, 0.2) is 0 Å². The van der Waals surface area contributed by atoms with E-state index in [0.717, 1.165) is 0 Å². The minimum absolute atomic E-state index is 0.0913. The lowest BCUT2D eigenvalue weighted by molar-refractivity contribution is -0.123. The van der Waals surface area contributed by atoms with Crippen molar-refractivity contribution in [2.24, 2.45) is 0 Å². The first kappa shape index (κ1) is 10.8. The first-order valence-electron chi connectivity index (χ1n) is 4.97. The van der Waals surface area contributed by atoms with Crippen LogP contribution in [-0.2, 0) is 4.79 Å². The zero-order valence-electron chi connectivity index (χ0n) is 8.52. The van der Waals surface area contributed by atoms with Gasteiger partial charge in [0.05, 0.1) is 11.3 Å². The summed E-state index contributed by atoms with van der Waals surface area (Å²) in [7, 11) is 0. The normalized spacial score (nSPS) is 36.2. The maximum atomic E-state index is 11.7. The molecule has 0 aliphatic carbocycles. The molecule has 0 radical (unpaired) electrons. The van der Waals surface area contributed by atoms with Gasteiger partial charge in [-0.05, 0) is 19.8 Å². The molecule has 2 unspecified atom stereocenters. The van der Waals surface area contributed by atoms with Gasteiger partial charge in [-0.2, -0.15) is 0 Å². The van der Waals surface area contributed by atoms with E-state index in [1.54, 1.807) is 0 Å².